The van der Waals surface area contributed by atoms with Gasteiger partial charge in [-0.15, -0.1) is 10.2 Å². The number of carbonyl (C=O) groups is 1. The van der Waals surface area contributed by atoms with Crippen molar-refractivity contribution >= 4 is 5.97 Å². The van der Waals surface area contributed by atoms with Gasteiger partial charge in [-0.25, -0.2) is 9.78 Å². The second-order valence-electron chi connectivity index (χ2n) is 8.10. The fraction of sp³-hybridized carbons (Fsp3) is 0.292. The van der Waals surface area contributed by atoms with Crippen molar-refractivity contribution in [1.29, 1.82) is 0 Å². The fourth-order valence-corrected chi connectivity index (χ4v) is 3.92. The zero-order chi connectivity index (χ0) is 26.8. The van der Waals surface area contributed by atoms with Gasteiger partial charge in [0.2, 0.25) is 5.82 Å². The van der Waals surface area contributed by atoms with E-state index < -0.39 is 29.5 Å². The molecule has 0 aliphatic rings. The highest BCUT2D eigenvalue weighted by molar-refractivity contribution is 5.89. The predicted octanol–water partition coefficient (Wildman–Crippen LogP) is 5.17. The van der Waals surface area contributed by atoms with Crippen LogP contribution in [0.15, 0.2) is 48.5 Å². The van der Waals surface area contributed by atoms with Gasteiger partial charge in [0.05, 0.1) is 7.11 Å². The minimum Gasteiger partial charge on any atom is -0.464 e. The van der Waals surface area contributed by atoms with Crippen molar-refractivity contribution in [3.63, 3.8) is 0 Å². The number of aromatic nitrogens is 6. The number of hydrogen-bond acceptors (Lipinski definition) is 6. The molecule has 0 aliphatic heterocycles. The number of esters is 1. The van der Waals surface area contributed by atoms with Crippen LogP contribution in [-0.4, -0.2) is 49.4 Å². The molecular weight excluding hydrogens is 499 g/mol. The molecule has 0 amide bonds. The molecule has 4 aromatic rings. The normalized spacial score (nSPS) is 12.1. The number of imidazole rings is 1. The average molecular weight is 520 g/mol. The molecule has 0 unspecified atom stereocenters. The van der Waals surface area contributed by atoms with E-state index >= 15 is 0 Å². The van der Waals surface area contributed by atoms with E-state index in [4.69, 9.17) is 0 Å². The number of ether oxygens (including phenoxy) is 1. The number of nitrogens with one attached hydrogen (secondary N) is 1. The maximum Gasteiger partial charge on any atom is 0.459 e. The topological polar surface area (TPSA) is 98.6 Å². The molecule has 0 atom stereocenters. The summed E-state index contributed by atoms with van der Waals surface area (Å²) in [5, 5.41) is 14.0. The minimum atomic E-state index is -5.94. The van der Waals surface area contributed by atoms with E-state index in [9.17, 15) is 26.7 Å². The van der Waals surface area contributed by atoms with Crippen molar-refractivity contribution in [2.45, 2.75) is 38.4 Å². The number of tetrazole rings is 1. The molecule has 0 fully saturated rings. The number of hydrogen-bond donors (Lipinski definition) is 1. The summed E-state index contributed by atoms with van der Waals surface area (Å²) in [6.45, 7) is 1.54. The van der Waals surface area contributed by atoms with Crippen LogP contribution in [-0.2, 0) is 23.6 Å². The summed E-state index contributed by atoms with van der Waals surface area (Å²) >= 11 is 0. The molecular formula is C24H21F5N6O2. The van der Waals surface area contributed by atoms with Crippen molar-refractivity contribution in [2.24, 2.45) is 0 Å². The molecule has 1 N–H and O–H groups in total. The third-order valence-corrected chi connectivity index (χ3v) is 5.67. The lowest BCUT2D eigenvalue weighted by atomic mass is 9.98. The summed E-state index contributed by atoms with van der Waals surface area (Å²) in [6, 6.07) is 14.2. The Balaban J connectivity index is 1.75. The minimum absolute atomic E-state index is 0.0756. The highest BCUT2D eigenvalue weighted by Gasteiger charge is 2.62. The van der Waals surface area contributed by atoms with E-state index in [0.29, 0.717) is 17.8 Å². The number of alkyl halides is 5. The number of rotatable bonds is 8. The summed E-state index contributed by atoms with van der Waals surface area (Å²) in [5.74, 6) is -6.36. The van der Waals surface area contributed by atoms with Gasteiger partial charge in [0.1, 0.15) is 5.82 Å². The van der Waals surface area contributed by atoms with Crippen LogP contribution in [0.1, 0.15) is 40.9 Å². The summed E-state index contributed by atoms with van der Waals surface area (Å²) in [5.41, 5.74) is 0.243. The Morgan fingerprint density at radius 2 is 1.70 bits per heavy atom. The van der Waals surface area contributed by atoms with Crippen LogP contribution < -0.4 is 0 Å². The molecule has 4 rings (SSSR count). The predicted molar refractivity (Wildman–Crippen MR) is 122 cm³/mol. The number of carbonyl (C=O) groups excluding carboxylic acids is 1. The Kier molecular flexibility index (Phi) is 7.05. The monoisotopic (exact) mass is 520 g/mol. The van der Waals surface area contributed by atoms with Crippen LogP contribution in [0.4, 0.5) is 22.0 Å². The van der Waals surface area contributed by atoms with Gasteiger partial charge in [0.15, 0.2) is 11.4 Å². The maximum absolute atomic E-state index is 14.4. The molecule has 2 aromatic heterocycles. The molecule has 0 saturated carbocycles. The Bertz CT molecular complexity index is 1380. The fourth-order valence-electron chi connectivity index (χ4n) is 3.92. The van der Waals surface area contributed by atoms with E-state index in [0.717, 1.165) is 28.4 Å². The van der Waals surface area contributed by atoms with Crippen LogP contribution in [0.5, 0.6) is 0 Å². The van der Waals surface area contributed by atoms with Crippen molar-refractivity contribution in [1.82, 2.24) is 30.2 Å². The number of methoxy groups -OCH3 is 1. The zero-order valence-corrected chi connectivity index (χ0v) is 19.7. The first-order valence-electron chi connectivity index (χ1n) is 11.1. The van der Waals surface area contributed by atoms with Crippen LogP contribution in [0.3, 0.4) is 0 Å². The highest BCUT2D eigenvalue weighted by Crippen LogP contribution is 2.45. The molecule has 0 saturated heterocycles. The first kappa shape index (κ1) is 25.9. The quantitative estimate of drug-likeness (QED) is 0.254. The first-order chi connectivity index (χ1) is 17.6. The lowest BCUT2D eigenvalue weighted by Gasteiger charge is -2.19. The van der Waals surface area contributed by atoms with E-state index in [1.165, 1.54) is 0 Å². The van der Waals surface area contributed by atoms with Gasteiger partial charge in [0.25, 0.3) is 0 Å². The summed E-state index contributed by atoms with van der Waals surface area (Å²) in [4.78, 5) is 16.0. The van der Waals surface area contributed by atoms with E-state index in [2.05, 4.69) is 30.3 Å². The number of aromatic amines is 1. The molecule has 0 aliphatic carbocycles. The molecule has 0 radical (unpaired) electrons. The Morgan fingerprint density at radius 3 is 2.27 bits per heavy atom. The SMILES string of the molecule is CCCc1nc(C(F)(F)C(F)(F)F)c(C(=O)OC)n1Cc1ccc(-c2ccccc2-c2nn[nH]n2)cc1. The second kappa shape index (κ2) is 10.1. The first-order valence-corrected chi connectivity index (χ1v) is 11.1. The van der Waals surface area contributed by atoms with Crippen molar-refractivity contribution < 1.29 is 31.5 Å². The summed E-state index contributed by atoms with van der Waals surface area (Å²) in [6.07, 6.45) is -5.46. The van der Waals surface area contributed by atoms with Crippen LogP contribution >= 0.6 is 0 Å². The van der Waals surface area contributed by atoms with Crippen LogP contribution in [0.2, 0.25) is 0 Å². The van der Waals surface area contributed by atoms with Gasteiger partial charge in [-0.3, -0.25) is 0 Å². The number of nitrogens with zero attached hydrogens (tertiary/aromatic N) is 5. The van der Waals surface area contributed by atoms with Crippen molar-refractivity contribution in [3.8, 4) is 22.5 Å². The molecule has 0 bridgehead atoms. The molecule has 8 nitrogen and oxygen atoms in total. The number of benzene rings is 2. The summed E-state index contributed by atoms with van der Waals surface area (Å²) < 4.78 is 73.9. The lowest BCUT2D eigenvalue weighted by molar-refractivity contribution is -0.291. The van der Waals surface area contributed by atoms with E-state index in [1.54, 1.807) is 31.2 Å². The zero-order valence-electron chi connectivity index (χ0n) is 19.7. The smallest absolute Gasteiger partial charge is 0.459 e. The van der Waals surface area contributed by atoms with Crippen molar-refractivity contribution in [3.05, 3.63) is 71.3 Å². The third-order valence-electron chi connectivity index (χ3n) is 5.67. The van der Waals surface area contributed by atoms with Crippen LogP contribution in [0, 0.1) is 0 Å². The molecule has 2 aromatic carbocycles. The molecule has 37 heavy (non-hydrogen) atoms. The standard InChI is InChI=1S/C24H21F5N6O2/c1-3-6-18-30-20(23(25,26)24(27,28)29)19(22(36)37-2)35(18)13-14-9-11-15(12-10-14)16-7-4-5-8-17(16)21-31-33-34-32-21/h4-5,7-12H,3,6,13H2,1-2H3,(H,31,32,33,34). The lowest BCUT2D eigenvalue weighted by Crippen LogP contribution is -2.36. The Labute approximate surface area is 207 Å². The van der Waals surface area contributed by atoms with Gasteiger partial charge in [-0.2, -0.15) is 27.2 Å². The maximum atomic E-state index is 14.4. The average Bonchev–Trinajstić information content (AvgIpc) is 3.53. The molecule has 2 heterocycles. The number of aryl methyl sites for hydroxylation is 1. The number of halogens is 5. The van der Waals surface area contributed by atoms with Gasteiger partial charge >= 0.3 is 18.1 Å². The molecule has 194 valence electrons. The van der Waals surface area contributed by atoms with Gasteiger partial charge in [-0.1, -0.05) is 55.5 Å². The van der Waals surface area contributed by atoms with E-state index in [1.807, 2.05) is 24.3 Å². The molecule has 13 heteroatoms. The molecule has 0 spiro atoms. The highest BCUT2D eigenvalue weighted by atomic mass is 19.4. The van der Waals surface area contributed by atoms with Crippen molar-refractivity contribution in [2.75, 3.05) is 7.11 Å². The van der Waals surface area contributed by atoms with Gasteiger partial charge < -0.3 is 9.30 Å². The second-order valence-corrected chi connectivity index (χ2v) is 8.10. The summed E-state index contributed by atoms with van der Waals surface area (Å²) in [7, 11) is 0.907. The van der Waals surface area contributed by atoms with Gasteiger partial charge in [-0.05, 0) is 28.3 Å². The van der Waals surface area contributed by atoms with E-state index in [-0.39, 0.29) is 18.8 Å². The Morgan fingerprint density at radius 1 is 1.03 bits per heavy atom. The van der Waals surface area contributed by atoms with Gasteiger partial charge in [0, 0.05) is 18.5 Å². The number of H-pyrrole nitrogens is 1. The largest absolute Gasteiger partial charge is 0.464 e. The Hall–Kier alpha value is -4.16. The van der Waals surface area contributed by atoms with Crippen LogP contribution in [0.25, 0.3) is 22.5 Å². The third kappa shape index (κ3) is 4.93.